The van der Waals surface area contributed by atoms with Gasteiger partial charge in [-0.2, -0.15) is 0 Å². The Bertz CT molecular complexity index is 525. The van der Waals surface area contributed by atoms with Gasteiger partial charge in [0, 0.05) is 30.0 Å². The minimum Gasteiger partial charge on any atom is -0.497 e. The highest BCUT2D eigenvalue weighted by Crippen LogP contribution is 2.29. The van der Waals surface area contributed by atoms with E-state index < -0.39 is 0 Å². The lowest BCUT2D eigenvalue weighted by molar-refractivity contribution is 0.199. The molecule has 0 spiro atoms. The molecule has 2 aromatic rings. The summed E-state index contributed by atoms with van der Waals surface area (Å²) in [5.74, 6) is 0.886. The van der Waals surface area contributed by atoms with Crippen LogP contribution >= 0.6 is 11.8 Å². The van der Waals surface area contributed by atoms with E-state index in [9.17, 15) is 0 Å². The maximum Gasteiger partial charge on any atom is 0.118 e. The third-order valence-corrected chi connectivity index (χ3v) is 4.05. The van der Waals surface area contributed by atoms with E-state index in [4.69, 9.17) is 9.47 Å². The molecule has 0 unspecified atom stereocenters. The molecule has 112 valence electrons. The third kappa shape index (κ3) is 5.42. The molecule has 0 heterocycles. The molecule has 0 saturated heterocycles. The number of methoxy groups -OCH3 is 2. The van der Waals surface area contributed by atoms with Crippen molar-refractivity contribution in [3.05, 3.63) is 54.1 Å². The fraction of sp³-hybridized carbons (Fsp3) is 0.294. The summed E-state index contributed by atoms with van der Waals surface area (Å²) in [7, 11) is 3.40. The van der Waals surface area contributed by atoms with Crippen LogP contribution < -0.4 is 10.1 Å². The predicted molar refractivity (Wildman–Crippen MR) is 87.1 cm³/mol. The first-order valence-corrected chi connectivity index (χ1v) is 7.74. The monoisotopic (exact) mass is 303 g/mol. The van der Waals surface area contributed by atoms with Crippen LogP contribution in [0.2, 0.25) is 0 Å². The number of hydrogen-bond donors (Lipinski definition) is 1. The maximum absolute atomic E-state index is 5.16. The van der Waals surface area contributed by atoms with Crippen LogP contribution in [0.3, 0.4) is 0 Å². The number of ether oxygens (including phenoxy) is 2. The van der Waals surface area contributed by atoms with Crippen molar-refractivity contribution in [1.29, 1.82) is 0 Å². The number of hydrogen-bond acceptors (Lipinski definition) is 4. The van der Waals surface area contributed by atoms with Crippen molar-refractivity contribution in [2.75, 3.05) is 27.4 Å². The van der Waals surface area contributed by atoms with Crippen LogP contribution in [0.5, 0.6) is 5.75 Å². The van der Waals surface area contributed by atoms with Crippen molar-refractivity contribution >= 4 is 11.8 Å². The normalized spacial score (nSPS) is 10.6. The lowest BCUT2D eigenvalue weighted by Crippen LogP contribution is -2.18. The Morgan fingerprint density at radius 2 is 1.52 bits per heavy atom. The van der Waals surface area contributed by atoms with Crippen LogP contribution in [-0.2, 0) is 11.3 Å². The van der Waals surface area contributed by atoms with Crippen LogP contribution in [0.1, 0.15) is 5.56 Å². The van der Waals surface area contributed by atoms with Gasteiger partial charge in [-0.15, -0.1) is 0 Å². The zero-order valence-electron chi connectivity index (χ0n) is 12.5. The van der Waals surface area contributed by atoms with E-state index >= 15 is 0 Å². The van der Waals surface area contributed by atoms with E-state index in [-0.39, 0.29) is 0 Å². The van der Waals surface area contributed by atoms with Crippen LogP contribution in [0.25, 0.3) is 0 Å². The highest BCUT2D eigenvalue weighted by molar-refractivity contribution is 7.99. The van der Waals surface area contributed by atoms with Crippen LogP contribution in [-0.4, -0.2) is 27.4 Å². The largest absolute Gasteiger partial charge is 0.497 e. The molecule has 4 heteroatoms. The van der Waals surface area contributed by atoms with Crippen LogP contribution in [0.4, 0.5) is 0 Å². The second kappa shape index (κ2) is 8.72. The molecule has 1 N–H and O–H groups in total. The second-order valence-electron chi connectivity index (χ2n) is 4.59. The first-order chi connectivity index (χ1) is 10.3. The molecule has 0 aromatic heterocycles. The fourth-order valence-electron chi connectivity index (χ4n) is 1.86. The number of nitrogens with one attached hydrogen (secondary N) is 1. The summed E-state index contributed by atoms with van der Waals surface area (Å²) in [6.07, 6.45) is 0. The Labute approximate surface area is 130 Å². The smallest absolute Gasteiger partial charge is 0.118 e. The van der Waals surface area contributed by atoms with E-state index in [0.717, 1.165) is 25.4 Å². The summed E-state index contributed by atoms with van der Waals surface area (Å²) in [5, 5.41) is 3.34. The highest BCUT2D eigenvalue weighted by Gasteiger charge is 1.99. The van der Waals surface area contributed by atoms with Gasteiger partial charge in [-0.1, -0.05) is 23.9 Å². The first kappa shape index (κ1) is 15.9. The van der Waals surface area contributed by atoms with E-state index in [1.807, 2.05) is 12.1 Å². The van der Waals surface area contributed by atoms with Gasteiger partial charge in [-0.3, -0.25) is 0 Å². The van der Waals surface area contributed by atoms with Gasteiger partial charge in [0.1, 0.15) is 5.75 Å². The molecule has 0 aliphatic heterocycles. The molecule has 21 heavy (non-hydrogen) atoms. The number of benzene rings is 2. The summed E-state index contributed by atoms with van der Waals surface area (Å²) in [5.41, 5.74) is 1.28. The van der Waals surface area contributed by atoms with Gasteiger partial charge in [0.2, 0.25) is 0 Å². The van der Waals surface area contributed by atoms with E-state index in [1.54, 1.807) is 26.0 Å². The molecule has 0 atom stereocenters. The van der Waals surface area contributed by atoms with E-state index in [2.05, 4.69) is 41.7 Å². The molecule has 0 radical (unpaired) electrons. The Hall–Kier alpha value is -1.49. The van der Waals surface area contributed by atoms with Crippen molar-refractivity contribution < 1.29 is 9.47 Å². The molecule has 2 aromatic carbocycles. The van der Waals surface area contributed by atoms with Crippen molar-refractivity contribution in [2.24, 2.45) is 0 Å². The zero-order chi connectivity index (χ0) is 14.9. The molecule has 0 aliphatic carbocycles. The molecule has 3 nitrogen and oxygen atoms in total. The summed E-state index contributed by atoms with van der Waals surface area (Å²) in [4.78, 5) is 2.45. The van der Waals surface area contributed by atoms with Gasteiger partial charge < -0.3 is 14.8 Å². The Morgan fingerprint density at radius 1 is 0.905 bits per heavy atom. The Kier molecular flexibility index (Phi) is 6.60. The summed E-state index contributed by atoms with van der Waals surface area (Å²) in [6.45, 7) is 2.49. The van der Waals surface area contributed by atoms with E-state index in [0.29, 0.717) is 0 Å². The summed E-state index contributed by atoms with van der Waals surface area (Å²) >= 11 is 1.75. The molecule has 0 bridgehead atoms. The molecular formula is C17H21NO2S. The highest BCUT2D eigenvalue weighted by atomic mass is 32.2. The second-order valence-corrected chi connectivity index (χ2v) is 5.74. The minimum atomic E-state index is 0.741. The van der Waals surface area contributed by atoms with Gasteiger partial charge in [0.15, 0.2) is 0 Å². The molecule has 2 rings (SSSR count). The molecule has 0 fully saturated rings. The predicted octanol–water partition coefficient (Wildman–Crippen LogP) is 3.58. The quantitative estimate of drug-likeness (QED) is 0.755. The Morgan fingerprint density at radius 3 is 2.10 bits per heavy atom. The topological polar surface area (TPSA) is 30.5 Å². The average molecular weight is 303 g/mol. The lowest BCUT2D eigenvalue weighted by Gasteiger charge is -2.06. The summed E-state index contributed by atoms with van der Waals surface area (Å²) in [6, 6.07) is 16.7. The Balaban J connectivity index is 1.86. The van der Waals surface area contributed by atoms with Gasteiger partial charge >= 0.3 is 0 Å². The van der Waals surface area contributed by atoms with Crippen LogP contribution in [0, 0.1) is 0 Å². The molecule has 0 aliphatic rings. The maximum atomic E-state index is 5.16. The molecule has 0 saturated carbocycles. The molecule has 0 amide bonds. The van der Waals surface area contributed by atoms with Gasteiger partial charge in [-0.25, -0.2) is 0 Å². The number of rotatable bonds is 8. The van der Waals surface area contributed by atoms with E-state index in [1.165, 1.54) is 15.4 Å². The van der Waals surface area contributed by atoms with Gasteiger partial charge in [-0.05, 0) is 42.0 Å². The standard InChI is InChI=1S/C17H21NO2S/c1-19-12-11-18-13-14-3-7-16(8-4-14)21-17-9-5-15(20-2)6-10-17/h3-10,18H,11-13H2,1-2H3. The average Bonchev–Trinajstić information content (AvgIpc) is 2.54. The SMILES string of the molecule is COCCNCc1ccc(Sc2ccc(OC)cc2)cc1. The van der Waals surface area contributed by atoms with Gasteiger partial charge in [0.25, 0.3) is 0 Å². The lowest BCUT2D eigenvalue weighted by atomic mass is 10.2. The van der Waals surface area contributed by atoms with Gasteiger partial charge in [0.05, 0.1) is 13.7 Å². The van der Waals surface area contributed by atoms with Crippen molar-refractivity contribution in [3.8, 4) is 5.75 Å². The van der Waals surface area contributed by atoms with Crippen molar-refractivity contribution in [2.45, 2.75) is 16.3 Å². The van der Waals surface area contributed by atoms with Crippen LogP contribution in [0.15, 0.2) is 58.3 Å². The van der Waals surface area contributed by atoms with Crippen molar-refractivity contribution in [3.63, 3.8) is 0 Å². The first-order valence-electron chi connectivity index (χ1n) is 6.92. The van der Waals surface area contributed by atoms with Crippen molar-refractivity contribution in [1.82, 2.24) is 5.32 Å². The minimum absolute atomic E-state index is 0.741. The zero-order valence-corrected chi connectivity index (χ0v) is 13.3. The molecular weight excluding hydrogens is 282 g/mol. The fourth-order valence-corrected chi connectivity index (χ4v) is 2.68. The third-order valence-electron chi connectivity index (χ3n) is 3.03. The summed E-state index contributed by atoms with van der Waals surface area (Å²) < 4.78 is 10.2.